The SMILES string of the molecule is Cc1ncc([C@H](C)Nc2cccc(OCCF)c2)s1. The number of alkyl halides is 1. The number of ether oxygens (including phenoxy) is 1. The summed E-state index contributed by atoms with van der Waals surface area (Å²) >= 11 is 1.68. The third-order valence-electron chi connectivity index (χ3n) is 2.63. The largest absolute Gasteiger partial charge is 0.491 e. The normalized spacial score (nSPS) is 12.2. The number of benzene rings is 1. The van der Waals surface area contributed by atoms with Gasteiger partial charge in [-0.1, -0.05) is 6.07 Å². The molecule has 0 saturated carbocycles. The molecule has 1 atom stereocenters. The van der Waals surface area contributed by atoms with E-state index in [4.69, 9.17) is 4.74 Å². The first kappa shape index (κ1) is 13.8. The monoisotopic (exact) mass is 280 g/mol. The van der Waals surface area contributed by atoms with E-state index in [9.17, 15) is 4.39 Å². The fourth-order valence-corrected chi connectivity index (χ4v) is 2.52. The summed E-state index contributed by atoms with van der Waals surface area (Å²) in [5.41, 5.74) is 0.954. The number of nitrogens with one attached hydrogen (secondary N) is 1. The highest BCUT2D eigenvalue weighted by Crippen LogP contribution is 2.25. The Bertz CT molecular complexity index is 530. The second kappa shape index (κ2) is 6.52. The summed E-state index contributed by atoms with van der Waals surface area (Å²) in [4.78, 5) is 5.44. The Labute approximate surface area is 116 Å². The van der Waals surface area contributed by atoms with E-state index in [0.717, 1.165) is 10.7 Å². The minimum Gasteiger partial charge on any atom is -0.491 e. The minimum absolute atomic E-state index is 0.0903. The highest BCUT2D eigenvalue weighted by molar-refractivity contribution is 7.11. The second-order valence-electron chi connectivity index (χ2n) is 4.21. The lowest BCUT2D eigenvalue weighted by molar-refractivity contribution is 0.273. The van der Waals surface area contributed by atoms with E-state index in [1.807, 2.05) is 37.4 Å². The molecule has 19 heavy (non-hydrogen) atoms. The van der Waals surface area contributed by atoms with Gasteiger partial charge in [0.05, 0.1) is 11.0 Å². The van der Waals surface area contributed by atoms with E-state index >= 15 is 0 Å². The predicted octanol–water partition coefficient (Wildman–Crippen LogP) is 3.97. The van der Waals surface area contributed by atoms with Crippen molar-refractivity contribution in [2.45, 2.75) is 19.9 Å². The number of hydrogen-bond acceptors (Lipinski definition) is 4. The fraction of sp³-hybridized carbons (Fsp3) is 0.357. The van der Waals surface area contributed by atoms with Crippen molar-refractivity contribution in [1.29, 1.82) is 0 Å². The summed E-state index contributed by atoms with van der Waals surface area (Å²) in [7, 11) is 0. The summed E-state index contributed by atoms with van der Waals surface area (Å²) in [6, 6.07) is 7.73. The van der Waals surface area contributed by atoms with Gasteiger partial charge in [0.15, 0.2) is 0 Å². The van der Waals surface area contributed by atoms with Crippen LogP contribution < -0.4 is 10.1 Å². The molecule has 2 aromatic rings. The lowest BCUT2D eigenvalue weighted by Crippen LogP contribution is -2.05. The van der Waals surface area contributed by atoms with Crippen LogP contribution in [0.2, 0.25) is 0 Å². The van der Waals surface area contributed by atoms with Crippen LogP contribution in [0.3, 0.4) is 0 Å². The molecule has 1 aromatic carbocycles. The molecule has 1 N–H and O–H groups in total. The number of hydrogen-bond donors (Lipinski definition) is 1. The molecule has 0 bridgehead atoms. The van der Waals surface area contributed by atoms with Gasteiger partial charge in [0.2, 0.25) is 0 Å². The topological polar surface area (TPSA) is 34.2 Å². The molecule has 0 aliphatic carbocycles. The van der Waals surface area contributed by atoms with Gasteiger partial charge >= 0.3 is 0 Å². The summed E-state index contributed by atoms with van der Waals surface area (Å²) < 4.78 is 17.3. The molecule has 2 rings (SSSR count). The highest BCUT2D eigenvalue weighted by Gasteiger charge is 2.08. The smallest absolute Gasteiger partial charge is 0.123 e. The maximum atomic E-state index is 12.1. The van der Waals surface area contributed by atoms with Crippen LogP contribution in [0.4, 0.5) is 10.1 Å². The first-order valence-electron chi connectivity index (χ1n) is 6.16. The fourth-order valence-electron chi connectivity index (χ4n) is 1.73. The highest BCUT2D eigenvalue weighted by atomic mass is 32.1. The molecule has 1 aromatic heterocycles. The van der Waals surface area contributed by atoms with Crippen LogP contribution in [0.5, 0.6) is 5.75 Å². The molecule has 0 amide bonds. The van der Waals surface area contributed by atoms with Crippen LogP contribution in [-0.4, -0.2) is 18.3 Å². The van der Waals surface area contributed by atoms with Gasteiger partial charge in [-0.05, 0) is 26.0 Å². The maximum absolute atomic E-state index is 12.1. The summed E-state index contributed by atoms with van der Waals surface area (Å²) in [6.07, 6.45) is 1.89. The van der Waals surface area contributed by atoms with Gasteiger partial charge in [-0.2, -0.15) is 0 Å². The number of anilines is 1. The van der Waals surface area contributed by atoms with Gasteiger partial charge in [0, 0.05) is 22.8 Å². The van der Waals surface area contributed by atoms with Crippen LogP contribution in [-0.2, 0) is 0 Å². The predicted molar refractivity (Wildman–Crippen MR) is 76.8 cm³/mol. The Morgan fingerprint density at radius 2 is 2.32 bits per heavy atom. The molecule has 0 radical (unpaired) electrons. The Kier molecular flexibility index (Phi) is 4.74. The lowest BCUT2D eigenvalue weighted by atomic mass is 10.2. The quantitative estimate of drug-likeness (QED) is 0.869. The molecular formula is C14H17FN2OS. The van der Waals surface area contributed by atoms with E-state index < -0.39 is 6.67 Å². The minimum atomic E-state index is -0.478. The molecule has 0 aliphatic rings. The van der Waals surface area contributed by atoms with Crippen LogP contribution in [0.1, 0.15) is 22.9 Å². The number of halogens is 1. The van der Waals surface area contributed by atoms with E-state index in [0.29, 0.717) is 5.75 Å². The summed E-state index contributed by atoms with van der Waals surface area (Å²) in [5.74, 6) is 0.676. The molecular weight excluding hydrogens is 263 g/mol. The van der Waals surface area contributed by atoms with Crippen LogP contribution in [0.25, 0.3) is 0 Å². The Morgan fingerprint density at radius 1 is 1.47 bits per heavy atom. The second-order valence-corrected chi connectivity index (χ2v) is 5.48. The van der Waals surface area contributed by atoms with Crippen LogP contribution >= 0.6 is 11.3 Å². The maximum Gasteiger partial charge on any atom is 0.123 e. The standard InChI is InChI=1S/C14H17FN2OS/c1-10(14-9-16-11(2)19-14)17-12-4-3-5-13(8-12)18-7-6-15/h3-5,8-10,17H,6-7H2,1-2H3/t10-/m0/s1. The third kappa shape index (κ3) is 3.92. The van der Waals surface area contributed by atoms with Crippen LogP contribution in [0, 0.1) is 6.92 Å². The zero-order chi connectivity index (χ0) is 13.7. The van der Waals surface area contributed by atoms with Gasteiger partial charge in [-0.3, -0.25) is 0 Å². The van der Waals surface area contributed by atoms with E-state index in [-0.39, 0.29) is 12.6 Å². The Morgan fingerprint density at radius 3 is 3.00 bits per heavy atom. The van der Waals surface area contributed by atoms with Gasteiger partial charge in [0.1, 0.15) is 19.0 Å². The van der Waals surface area contributed by atoms with E-state index in [1.54, 1.807) is 11.3 Å². The van der Waals surface area contributed by atoms with Crippen molar-refractivity contribution in [2.75, 3.05) is 18.6 Å². The third-order valence-corrected chi connectivity index (χ3v) is 3.72. The van der Waals surface area contributed by atoms with E-state index in [2.05, 4.69) is 17.2 Å². The molecule has 102 valence electrons. The average Bonchev–Trinajstić information content (AvgIpc) is 2.83. The van der Waals surface area contributed by atoms with Crippen molar-refractivity contribution >= 4 is 17.0 Å². The molecule has 0 unspecified atom stereocenters. The van der Waals surface area contributed by atoms with Gasteiger partial charge in [0.25, 0.3) is 0 Å². The number of aromatic nitrogens is 1. The summed E-state index contributed by atoms with van der Waals surface area (Å²) in [6.45, 7) is 3.69. The first-order valence-corrected chi connectivity index (χ1v) is 6.98. The zero-order valence-corrected chi connectivity index (χ0v) is 11.8. The Hall–Kier alpha value is -1.62. The number of aryl methyl sites for hydroxylation is 1. The first-order chi connectivity index (χ1) is 9.19. The van der Waals surface area contributed by atoms with Crippen molar-refractivity contribution < 1.29 is 9.13 Å². The molecule has 0 saturated heterocycles. The molecule has 5 heteroatoms. The van der Waals surface area contributed by atoms with Crippen LogP contribution in [0.15, 0.2) is 30.5 Å². The lowest BCUT2D eigenvalue weighted by Gasteiger charge is -2.14. The Balaban J connectivity index is 2.02. The van der Waals surface area contributed by atoms with Crippen molar-refractivity contribution in [3.63, 3.8) is 0 Å². The van der Waals surface area contributed by atoms with Gasteiger partial charge < -0.3 is 10.1 Å². The molecule has 1 heterocycles. The van der Waals surface area contributed by atoms with Crippen molar-refractivity contribution in [3.05, 3.63) is 40.3 Å². The van der Waals surface area contributed by atoms with Crippen molar-refractivity contribution in [2.24, 2.45) is 0 Å². The molecule has 0 aliphatic heterocycles. The molecule has 0 fully saturated rings. The summed E-state index contributed by atoms with van der Waals surface area (Å²) in [5, 5.41) is 4.44. The van der Waals surface area contributed by atoms with E-state index in [1.165, 1.54) is 4.88 Å². The average molecular weight is 280 g/mol. The number of nitrogens with zero attached hydrogens (tertiary/aromatic N) is 1. The van der Waals surface area contributed by atoms with Crippen molar-refractivity contribution in [3.8, 4) is 5.75 Å². The van der Waals surface area contributed by atoms with Crippen molar-refractivity contribution in [1.82, 2.24) is 4.98 Å². The van der Waals surface area contributed by atoms with Gasteiger partial charge in [-0.25, -0.2) is 9.37 Å². The number of thiazole rings is 1. The zero-order valence-electron chi connectivity index (χ0n) is 11.0. The number of rotatable bonds is 6. The molecule has 3 nitrogen and oxygen atoms in total. The molecule has 0 spiro atoms. The van der Waals surface area contributed by atoms with Gasteiger partial charge in [-0.15, -0.1) is 11.3 Å².